The molecular formula is C20H18ClN5OS. The Bertz CT molecular complexity index is 1090. The van der Waals surface area contributed by atoms with Gasteiger partial charge < -0.3 is 8.98 Å². The molecule has 0 aliphatic carbocycles. The van der Waals surface area contributed by atoms with E-state index in [-0.39, 0.29) is 5.25 Å². The van der Waals surface area contributed by atoms with E-state index in [0.717, 1.165) is 22.1 Å². The van der Waals surface area contributed by atoms with Crippen molar-refractivity contribution in [3.05, 3.63) is 65.0 Å². The molecule has 2 aromatic carbocycles. The van der Waals surface area contributed by atoms with E-state index < -0.39 is 0 Å². The number of thioether (sulfide) groups is 1. The molecule has 6 nitrogen and oxygen atoms in total. The normalized spacial score (nSPS) is 12.3. The molecule has 142 valence electrons. The molecule has 2 aromatic heterocycles. The summed E-state index contributed by atoms with van der Waals surface area (Å²) in [4.78, 5) is 0. The molecule has 0 saturated carbocycles. The molecule has 0 radical (unpaired) electrons. The second-order valence-corrected chi connectivity index (χ2v) is 8.19. The predicted octanol–water partition coefficient (Wildman–Crippen LogP) is 5.35. The molecule has 1 atom stereocenters. The van der Waals surface area contributed by atoms with E-state index in [2.05, 4.69) is 20.4 Å². The summed E-state index contributed by atoms with van der Waals surface area (Å²) in [5.74, 6) is 1.84. The summed E-state index contributed by atoms with van der Waals surface area (Å²) >= 11 is 7.48. The van der Waals surface area contributed by atoms with Gasteiger partial charge in [0.15, 0.2) is 11.0 Å². The first-order valence-electron chi connectivity index (χ1n) is 8.73. The van der Waals surface area contributed by atoms with Gasteiger partial charge in [-0.15, -0.1) is 20.4 Å². The van der Waals surface area contributed by atoms with Gasteiger partial charge in [0.2, 0.25) is 11.8 Å². The monoisotopic (exact) mass is 411 g/mol. The van der Waals surface area contributed by atoms with Crippen molar-refractivity contribution in [1.29, 1.82) is 0 Å². The Morgan fingerprint density at radius 2 is 1.61 bits per heavy atom. The van der Waals surface area contributed by atoms with Crippen LogP contribution in [-0.4, -0.2) is 25.0 Å². The molecule has 0 bridgehead atoms. The fraction of sp³-hybridized carbons (Fsp3) is 0.200. The summed E-state index contributed by atoms with van der Waals surface area (Å²) in [5.41, 5.74) is 3.05. The van der Waals surface area contributed by atoms with E-state index in [1.807, 2.05) is 74.0 Å². The second kappa shape index (κ2) is 7.77. The van der Waals surface area contributed by atoms with Gasteiger partial charge in [0, 0.05) is 23.2 Å². The third-order valence-electron chi connectivity index (χ3n) is 4.31. The lowest BCUT2D eigenvalue weighted by atomic mass is 10.1. The lowest BCUT2D eigenvalue weighted by Gasteiger charge is -2.07. The third kappa shape index (κ3) is 3.81. The Hall–Kier alpha value is -2.64. The van der Waals surface area contributed by atoms with Crippen LogP contribution in [-0.2, 0) is 7.05 Å². The number of hydrogen-bond acceptors (Lipinski definition) is 6. The van der Waals surface area contributed by atoms with Gasteiger partial charge in [0.1, 0.15) is 0 Å². The predicted molar refractivity (Wildman–Crippen MR) is 110 cm³/mol. The van der Waals surface area contributed by atoms with E-state index in [9.17, 15) is 0 Å². The van der Waals surface area contributed by atoms with Crippen molar-refractivity contribution in [3.8, 4) is 22.8 Å². The highest BCUT2D eigenvalue weighted by atomic mass is 35.5. The molecule has 0 N–H and O–H groups in total. The van der Waals surface area contributed by atoms with Crippen LogP contribution in [0.1, 0.15) is 23.6 Å². The maximum atomic E-state index is 5.96. The molecule has 28 heavy (non-hydrogen) atoms. The summed E-state index contributed by atoms with van der Waals surface area (Å²) in [6.07, 6.45) is 0. The van der Waals surface area contributed by atoms with Gasteiger partial charge in [-0.3, -0.25) is 0 Å². The topological polar surface area (TPSA) is 69.6 Å². The van der Waals surface area contributed by atoms with Crippen molar-refractivity contribution < 1.29 is 4.42 Å². The first kappa shape index (κ1) is 18.7. The number of hydrogen-bond donors (Lipinski definition) is 0. The van der Waals surface area contributed by atoms with Gasteiger partial charge >= 0.3 is 0 Å². The maximum absolute atomic E-state index is 5.96. The lowest BCUT2D eigenvalue weighted by Crippen LogP contribution is -1.97. The molecule has 8 heteroatoms. The van der Waals surface area contributed by atoms with Gasteiger partial charge in [-0.1, -0.05) is 41.1 Å². The van der Waals surface area contributed by atoms with Crippen LogP contribution in [0.15, 0.2) is 58.1 Å². The Kier molecular flexibility index (Phi) is 5.19. The van der Waals surface area contributed by atoms with Crippen molar-refractivity contribution in [2.24, 2.45) is 7.05 Å². The van der Waals surface area contributed by atoms with Gasteiger partial charge in [0.25, 0.3) is 0 Å². The Morgan fingerprint density at radius 1 is 0.929 bits per heavy atom. The third-order valence-corrected chi connectivity index (χ3v) is 5.68. The van der Waals surface area contributed by atoms with Crippen LogP contribution in [0.2, 0.25) is 5.02 Å². The van der Waals surface area contributed by atoms with Gasteiger partial charge in [-0.25, -0.2) is 0 Å². The second-order valence-electron chi connectivity index (χ2n) is 6.44. The van der Waals surface area contributed by atoms with Gasteiger partial charge in [0.05, 0.1) is 5.25 Å². The van der Waals surface area contributed by atoms with Crippen molar-refractivity contribution in [2.75, 3.05) is 0 Å². The standard InChI is InChI=1S/C20H18ClN5OS/c1-12-4-6-15(7-5-12)19-24-23-18(27-19)13(2)28-20-25-22-17(26(20)3)14-8-10-16(21)11-9-14/h4-11,13H,1-3H3. The zero-order chi connectivity index (χ0) is 19.7. The van der Waals surface area contributed by atoms with E-state index in [4.69, 9.17) is 16.0 Å². The smallest absolute Gasteiger partial charge is 0.247 e. The summed E-state index contributed by atoms with van der Waals surface area (Å²) in [6, 6.07) is 15.5. The van der Waals surface area contributed by atoms with Crippen molar-refractivity contribution in [3.63, 3.8) is 0 Å². The molecule has 2 heterocycles. The number of benzene rings is 2. The number of nitrogens with zero attached hydrogens (tertiary/aromatic N) is 5. The summed E-state index contributed by atoms with van der Waals surface area (Å²) in [6.45, 7) is 4.05. The summed E-state index contributed by atoms with van der Waals surface area (Å²) in [7, 11) is 1.94. The average Bonchev–Trinajstić information content (AvgIpc) is 3.31. The lowest BCUT2D eigenvalue weighted by molar-refractivity contribution is 0.508. The molecule has 0 fully saturated rings. The molecule has 0 aliphatic heterocycles. The fourth-order valence-corrected chi connectivity index (χ4v) is 3.66. The van der Waals surface area contributed by atoms with Crippen LogP contribution < -0.4 is 0 Å². The van der Waals surface area contributed by atoms with E-state index in [0.29, 0.717) is 16.8 Å². The molecule has 0 spiro atoms. The number of rotatable bonds is 5. The van der Waals surface area contributed by atoms with Crippen LogP contribution >= 0.6 is 23.4 Å². The number of aryl methyl sites for hydroxylation is 1. The van der Waals surface area contributed by atoms with Crippen molar-refractivity contribution >= 4 is 23.4 Å². The largest absolute Gasteiger partial charge is 0.419 e. The highest BCUT2D eigenvalue weighted by molar-refractivity contribution is 7.99. The quantitative estimate of drug-likeness (QED) is 0.412. The molecular weight excluding hydrogens is 394 g/mol. The van der Waals surface area contributed by atoms with Crippen LogP contribution in [0.4, 0.5) is 0 Å². The Balaban J connectivity index is 1.52. The van der Waals surface area contributed by atoms with Gasteiger partial charge in [-0.05, 0) is 50.2 Å². The van der Waals surface area contributed by atoms with Crippen molar-refractivity contribution in [1.82, 2.24) is 25.0 Å². The zero-order valence-corrected chi connectivity index (χ0v) is 17.2. The van der Waals surface area contributed by atoms with E-state index in [1.54, 1.807) is 0 Å². The first-order valence-corrected chi connectivity index (χ1v) is 9.99. The molecule has 0 saturated heterocycles. The summed E-state index contributed by atoms with van der Waals surface area (Å²) in [5, 5.41) is 18.4. The first-order chi connectivity index (χ1) is 13.5. The maximum Gasteiger partial charge on any atom is 0.247 e. The Labute approximate surface area is 172 Å². The molecule has 4 aromatic rings. The minimum atomic E-state index is -0.0623. The molecule has 0 amide bonds. The minimum absolute atomic E-state index is 0.0623. The van der Waals surface area contributed by atoms with Crippen molar-refractivity contribution in [2.45, 2.75) is 24.3 Å². The van der Waals surface area contributed by atoms with Crippen LogP contribution in [0.3, 0.4) is 0 Å². The summed E-state index contributed by atoms with van der Waals surface area (Å²) < 4.78 is 7.82. The molecule has 1 unspecified atom stereocenters. The number of halogens is 1. The zero-order valence-electron chi connectivity index (χ0n) is 15.6. The molecule has 4 rings (SSSR count). The SMILES string of the molecule is Cc1ccc(-c2nnc(C(C)Sc3nnc(-c4ccc(Cl)cc4)n3C)o2)cc1. The Morgan fingerprint density at radius 3 is 2.32 bits per heavy atom. The van der Waals surface area contributed by atoms with E-state index >= 15 is 0 Å². The number of aromatic nitrogens is 5. The average molecular weight is 412 g/mol. The van der Waals surface area contributed by atoms with Crippen LogP contribution in [0.5, 0.6) is 0 Å². The highest BCUT2D eigenvalue weighted by Gasteiger charge is 2.20. The highest BCUT2D eigenvalue weighted by Crippen LogP contribution is 2.35. The minimum Gasteiger partial charge on any atom is -0.419 e. The van der Waals surface area contributed by atoms with Crippen LogP contribution in [0.25, 0.3) is 22.8 Å². The molecule has 0 aliphatic rings. The fourth-order valence-electron chi connectivity index (χ4n) is 2.69. The van der Waals surface area contributed by atoms with E-state index in [1.165, 1.54) is 17.3 Å². The van der Waals surface area contributed by atoms with Crippen LogP contribution in [0, 0.1) is 6.92 Å². The van der Waals surface area contributed by atoms with Gasteiger partial charge in [-0.2, -0.15) is 0 Å².